The van der Waals surface area contributed by atoms with Gasteiger partial charge in [0.1, 0.15) is 6.10 Å². The van der Waals surface area contributed by atoms with Gasteiger partial charge in [0.15, 0.2) is 0 Å². The largest absolute Gasteiger partial charge is 0.251 e. The van der Waals surface area contributed by atoms with Gasteiger partial charge in [-0.05, 0) is 52.3 Å². The third-order valence-electron chi connectivity index (χ3n) is 5.37. The second-order valence-corrected chi connectivity index (χ2v) is 7.69. The van der Waals surface area contributed by atoms with E-state index < -0.39 is 6.10 Å². The van der Waals surface area contributed by atoms with Crippen LogP contribution in [-0.2, 0) is 17.7 Å². The van der Waals surface area contributed by atoms with Gasteiger partial charge in [-0.2, -0.15) is 0 Å². The Kier molecular flexibility index (Phi) is 7.07. The Bertz CT molecular complexity index is 1080. The SMILES string of the molecule is OOC(C=Cc1ccc(Cc2ccccc2)cc1)c1ccc(Cc2ccccc2)cc1. The van der Waals surface area contributed by atoms with Gasteiger partial charge < -0.3 is 0 Å². The van der Waals surface area contributed by atoms with E-state index in [4.69, 9.17) is 4.89 Å². The zero-order valence-electron chi connectivity index (χ0n) is 17.4. The van der Waals surface area contributed by atoms with Crippen molar-refractivity contribution in [1.82, 2.24) is 0 Å². The summed E-state index contributed by atoms with van der Waals surface area (Å²) in [5.74, 6) is 0. The highest BCUT2D eigenvalue weighted by Gasteiger charge is 2.08. The summed E-state index contributed by atoms with van der Waals surface area (Å²) in [6.07, 6.45) is 5.15. The lowest BCUT2D eigenvalue weighted by molar-refractivity contribution is -0.268. The molecule has 0 saturated heterocycles. The fraction of sp³-hybridized carbons (Fsp3) is 0.103. The van der Waals surface area contributed by atoms with E-state index in [1.165, 1.54) is 22.3 Å². The van der Waals surface area contributed by atoms with E-state index in [9.17, 15) is 5.26 Å². The zero-order valence-corrected chi connectivity index (χ0v) is 17.4. The van der Waals surface area contributed by atoms with Crippen LogP contribution in [0.3, 0.4) is 0 Å². The summed E-state index contributed by atoms with van der Waals surface area (Å²) in [6, 6.07) is 37.5. The molecule has 1 N–H and O–H groups in total. The van der Waals surface area contributed by atoms with Crippen molar-refractivity contribution >= 4 is 6.08 Å². The van der Waals surface area contributed by atoms with Crippen molar-refractivity contribution in [3.05, 3.63) is 149 Å². The second kappa shape index (κ2) is 10.5. The molecule has 4 aromatic carbocycles. The lowest BCUT2D eigenvalue weighted by Gasteiger charge is -2.11. The lowest BCUT2D eigenvalue weighted by atomic mass is 10.0. The molecule has 0 spiro atoms. The van der Waals surface area contributed by atoms with Crippen LogP contribution >= 0.6 is 0 Å². The molecule has 0 fully saturated rings. The minimum Gasteiger partial charge on any atom is -0.251 e. The van der Waals surface area contributed by atoms with Crippen LogP contribution in [0.25, 0.3) is 6.08 Å². The van der Waals surface area contributed by atoms with E-state index in [1.54, 1.807) is 0 Å². The molecule has 2 heteroatoms. The topological polar surface area (TPSA) is 29.5 Å². The number of rotatable bonds is 8. The van der Waals surface area contributed by atoms with Crippen molar-refractivity contribution in [2.75, 3.05) is 0 Å². The third-order valence-corrected chi connectivity index (χ3v) is 5.37. The fourth-order valence-electron chi connectivity index (χ4n) is 3.64. The second-order valence-electron chi connectivity index (χ2n) is 7.69. The monoisotopic (exact) mass is 406 g/mol. The summed E-state index contributed by atoms with van der Waals surface area (Å²) in [5, 5.41) is 9.42. The summed E-state index contributed by atoms with van der Waals surface area (Å²) in [7, 11) is 0. The molecule has 154 valence electrons. The van der Waals surface area contributed by atoms with Gasteiger partial charge in [-0.15, -0.1) is 0 Å². The molecule has 0 radical (unpaired) electrons. The smallest absolute Gasteiger partial charge is 0.136 e. The van der Waals surface area contributed by atoms with Crippen LogP contribution in [0.15, 0.2) is 115 Å². The van der Waals surface area contributed by atoms with Crippen molar-refractivity contribution in [1.29, 1.82) is 0 Å². The molecule has 4 rings (SSSR count). The van der Waals surface area contributed by atoms with Crippen LogP contribution in [0.5, 0.6) is 0 Å². The van der Waals surface area contributed by atoms with E-state index >= 15 is 0 Å². The van der Waals surface area contributed by atoms with Crippen molar-refractivity contribution in [2.24, 2.45) is 0 Å². The normalized spacial score (nSPS) is 12.2. The van der Waals surface area contributed by atoms with Gasteiger partial charge >= 0.3 is 0 Å². The maximum Gasteiger partial charge on any atom is 0.136 e. The van der Waals surface area contributed by atoms with Crippen LogP contribution in [0.1, 0.15) is 39.5 Å². The molecule has 2 nitrogen and oxygen atoms in total. The first-order chi connectivity index (χ1) is 15.3. The number of hydrogen-bond donors (Lipinski definition) is 1. The molecular formula is C29H26O2. The van der Waals surface area contributed by atoms with Crippen LogP contribution in [0.4, 0.5) is 0 Å². The molecule has 0 aromatic heterocycles. The summed E-state index contributed by atoms with van der Waals surface area (Å²) in [4.78, 5) is 4.73. The average molecular weight is 407 g/mol. The number of hydrogen-bond acceptors (Lipinski definition) is 2. The van der Waals surface area contributed by atoms with Gasteiger partial charge in [-0.3, -0.25) is 5.26 Å². The van der Waals surface area contributed by atoms with Gasteiger partial charge in [0, 0.05) is 0 Å². The van der Waals surface area contributed by atoms with E-state index in [0.29, 0.717) is 0 Å². The van der Waals surface area contributed by atoms with Gasteiger partial charge in [-0.25, -0.2) is 4.89 Å². The van der Waals surface area contributed by atoms with Gasteiger partial charge in [0.25, 0.3) is 0 Å². The van der Waals surface area contributed by atoms with Crippen molar-refractivity contribution in [2.45, 2.75) is 18.9 Å². The van der Waals surface area contributed by atoms with Gasteiger partial charge in [-0.1, -0.05) is 115 Å². The zero-order chi connectivity index (χ0) is 21.3. The molecule has 0 amide bonds. The van der Waals surface area contributed by atoms with Crippen molar-refractivity contribution < 1.29 is 10.1 Å². The first kappa shape index (κ1) is 20.8. The maximum atomic E-state index is 9.42. The predicted octanol–water partition coefficient (Wildman–Crippen LogP) is 7.11. The molecule has 0 heterocycles. The highest BCUT2D eigenvalue weighted by molar-refractivity contribution is 5.51. The summed E-state index contributed by atoms with van der Waals surface area (Å²) in [5.41, 5.74) is 7.06. The van der Waals surface area contributed by atoms with E-state index in [-0.39, 0.29) is 0 Å². The Labute approximate surface area is 184 Å². The van der Waals surface area contributed by atoms with Crippen LogP contribution in [0.2, 0.25) is 0 Å². The minimum absolute atomic E-state index is 0.505. The molecular weight excluding hydrogens is 380 g/mol. The minimum atomic E-state index is -0.505. The summed E-state index contributed by atoms with van der Waals surface area (Å²) < 4.78 is 0. The van der Waals surface area contributed by atoms with Crippen molar-refractivity contribution in [3.63, 3.8) is 0 Å². The number of benzene rings is 4. The van der Waals surface area contributed by atoms with Crippen LogP contribution < -0.4 is 0 Å². The predicted molar refractivity (Wildman–Crippen MR) is 127 cm³/mol. The molecule has 0 aliphatic heterocycles. The van der Waals surface area contributed by atoms with E-state index in [2.05, 4.69) is 84.9 Å². The molecule has 0 bridgehead atoms. The molecule has 0 aliphatic carbocycles. The van der Waals surface area contributed by atoms with Crippen LogP contribution in [0, 0.1) is 0 Å². The Hall–Kier alpha value is -3.46. The van der Waals surface area contributed by atoms with E-state index in [1.807, 2.05) is 36.4 Å². The van der Waals surface area contributed by atoms with Crippen LogP contribution in [-0.4, -0.2) is 5.26 Å². The highest BCUT2D eigenvalue weighted by atomic mass is 17.1. The van der Waals surface area contributed by atoms with Gasteiger partial charge in [0.05, 0.1) is 0 Å². The molecule has 0 saturated carbocycles. The first-order valence-corrected chi connectivity index (χ1v) is 10.5. The Morgan fingerprint density at radius 1 is 0.581 bits per heavy atom. The molecule has 4 aromatic rings. The summed E-state index contributed by atoms with van der Waals surface area (Å²) in [6.45, 7) is 0. The Balaban J connectivity index is 1.39. The molecule has 1 atom stereocenters. The Morgan fingerprint density at radius 3 is 1.52 bits per heavy atom. The standard InChI is InChI=1S/C29H26O2/c30-31-29(28-18-15-27(16-19-28)22-25-9-5-2-6-10-25)20-17-23-11-13-26(14-12-23)21-24-7-3-1-4-8-24/h1-20,29-30H,21-22H2. The molecule has 1 unspecified atom stereocenters. The average Bonchev–Trinajstić information content (AvgIpc) is 2.83. The van der Waals surface area contributed by atoms with E-state index in [0.717, 1.165) is 24.0 Å². The Morgan fingerprint density at radius 2 is 1.03 bits per heavy atom. The molecule has 31 heavy (non-hydrogen) atoms. The first-order valence-electron chi connectivity index (χ1n) is 10.5. The maximum absolute atomic E-state index is 9.42. The highest BCUT2D eigenvalue weighted by Crippen LogP contribution is 2.21. The fourth-order valence-corrected chi connectivity index (χ4v) is 3.64. The van der Waals surface area contributed by atoms with Gasteiger partial charge in [0.2, 0.25) is 0 Å². The van der Waals surface area contributed by atoms with Crippen molar-refractivity contribution in [3.8, 4) is 0 Å². The third kappa shape index (κ3) is 6.02. The molecule has 0 aliphatic rings. The summed E-state index contributed by atoms with van der Waals surface area (Å²) >= 11 is 0. The quantitative estimate of drug-likeness (QED) is 0.249. The lowest BCUT2D eigenvalue weighted by Crippen LogP contribution is -1.98.